The van der Waals surface area contributed by atoms with Crippen molar-refractivity contribution in [2.75, 3.05) is 27.2 Å². The number of aromatic nitrogens is 2. The average Bonchev–Trinajstić information content (AvgIpc) is 3.14. The van der Waals surface area contributed by atoms with Crippen LogP contribution in [0.4, 0.5) is 0 Å². The van der Waals surface area contributed by atoms with Gasteiger partial charge in [-0.25, -0.2) is 4.98 Å². The lowest BCUT2D eigenvalue weighted by molar-refractivity contribution is -0.132. The second kappa shape index (κ2) is 8.92. The van der Waals surface area contributed by atoms with Gasteiger partial charge < -0.3 is 9.80 Å². The number of thiophene rings is 1. The van der Waals surface area contributed by atoms with Gasteiger partial charge in [-0.15, -0.1) is 11.3 Å². The molecule has 0 aliphatic carbocycles. The molecule has 1 aromatic carbocycles. The standard InChI is InChI=1S/C20H24N4O2S/c1-22(2)11-12-23(14-16-6-4-3-5-7-16)18(25)8-10-24-15-21-19-17(20(24)26)9-13-27-19/h3-7,9,13,15H,8,10-12,14H2,1-2H3. The van der Waals surface area contributed by atoms with E-state index in [1.807, 2.05) is 54.7 Å². The van der Waals surface area contributed by atoms with Gasteiger partial charge in [-0.3, -0.25) is 14.2 Å². The monoisotopic (exact) mass is 384 g/mol. The van der Waals surface area contributed by atoms with Gasteiger partial charge in [0.05, 0.1) is 11.7 Å². The first-order valence-electron chi connectivity index (χ1n) is 8.93. The molecule has 27 heavy (non-hydrogen) atoms. The average molecular weight is 385 g/mol. The predicted molar refractivity (Wildman–Crippen MR) is 109 cm³/mol. The van der Waals surface area contributed by atoms with Gasteiger partial charge in [0.2, 0.25) is 5.91 Å². The summed E-state index contributed by atoms with van der Waals surface area (Å²) in [6.07, 6.45) is 1.81. The summed E-state index contributed by atoms with van der Waals surface area (Å²) in [6.45, 7) is 2.35. The van der Waals surface area contributed by atoms with Gasteiger partial charge in [0, 0.05) is 32.6 Å². The molecule has 0 saturated carbocycles. The van der Waals surface area contributed by atoms with Crippen molar-refractivity contribution in [3.8, 4) is 0 Å². The molecule has 7 heteroatoms. The van der Waals surface area contributed by atoms with Crippen LogP contribution in [0.3, 0.4) is 0 Å². The molecule has 1 amide bonds. The Balaban J connectivity index is 1.68. The van der Waals surface area contributed by atoms with Gasteiger partial charge in [0.1, 0.15) is 4.83 Å². The third-order valence-corrected chi connectivity index (χ3v) is 5.22. The molecule has 2 heterocycles. The van der Waals surface area contributed by atoms with Crippen LogP contribution in [-0.4, -0.2) is 52.4 Å². The summed E-state index contributed by atoms with van der Waals surface area (Å²) in [7, 11) is 3.99. The van der Waals surface area contributed by atoms with Gasteiger partial charge in [-0.1, -0.05) is 30.3 Å². The predicted octanol–water partition coefficient (Wildman–Crippen LogP) is 2.44. The van der Waals surface area contributed by atoms with E-state index in [2.05, 4.69) is 9.88 Å². The van der Waals surface area contributed by atoms with E-state index in [1.165, 1.54) is 22.2 Å². The van der Waals surface area contributed by atoms with Crippen LogP contribution in [0.25, 0.3) is 10.2 Å². The van der Waals surface area contributed by atoms with Crippen LogP contribution in [-0.2, 0) is 17.9 Å². The largest absolute Gasteiger partial charge is 0.337 e. The van der Waals surface area contributed by atoms with Crippen LogP contribution in [0.1, 0.15) is 12.0 Å². The number of carbonyl (C=O) groups is 1. The first-order valence-corrected chi connectivity index (χ1v) is 9.81. The van der Waals surface area contributed by atoms with Crippen LogP contribution in [0, 0.1) is 0 Å². The van der Waals surface area contributed by atoms with Crippen molar-refractivity contribution in [1.29, 1.82) is 0 Å². The molecule has 0 saturated heterocycles. The highest BCUT2D eigenvalue weighted by atomic mass is 32.1. The zero-order valence-corrected chi connectivity index (χ0v) is 16.5. The molecule has 0 aliphatic rings. The minimum atomic E-state index is -0.0862. The van der Waals surface area contributed by atoms with Crippen molar-refractivity contribution < 1.29 is 4.79 Å². The topological polar surface area (TPSA) is 58.4 Å². The Bertz CT molecular complexity index is 949. The summed E-state index contributed by atoms with van der Waals surface area (Å²) in [6, 6.07) is 11.8. The first kappa shape index (κ1) is 19.3. The number of benzene rings is 1. The van der Waals surface area contributed by atoms with E-state index in [0.717, 1.165) is 16.9 Å². The minimum absolute atomic E-state index is 0.0398. The number of rotatable bonds is 8. The second-order valence-electron chi connectivity index (χ2n) is 6.74. The lowest BCUT2D eigenvalue weighted by atomic mass is 10.2. The molecule has 0 atom stereocenters. The normalized spacial score (nSPS) is 11.2. The molecule has 0 unspecified atom stereocenters. The summed E-state index contributed by atoms with van der Waals surface area (Å²) < 4.78 is 1.53. The van der Waals surface area contributed by atoms with Crippen molar-refractivity contribution in [2.45, 2.75) is 19.5 Å². The fraction of sp³-hybridized carbons (Fsp3) is 0.350. The molecular weight excluding hydrogens is 360 g/mol. The Morgan fingerprint density at radius 3 is 2.67 bits per heavy atom. The smallest absolute Gasteiger partial charge is 0.262 e. The SMILES string of the molecule is CN(C)CCN(Cc1ccccc1)C(=O)CCn1cnc2sccc2c1=O. The minimum Gasteiger partial charge on any atom is -0.337 e. The summed E-state index contributed by atoms with van der Waals surface area (Å²) in [4.78, 5) is 34.3. The summed E-state index contributed by atoms with van der Waals surface area (Å²) in [5.41, 5.74) is 1.01. The van der Waals surface area contributed by atoms with Crippen LogP contribution in [0.2, 0.25) is 0 Å². The van der Waals surface area contributed by atoms with Gasteiger partial charge in [-0.05, 0) is 31.1 Å². The van der Waals surface area contributed by atoms with Gasteiger partial charge in [0.25, 0.3) is 5.56 Å². The number of nitrogens with zero attached hydrogens (tertiary/aromatic N) is 4. The van der Waals surface area contributed by atoms with Crippen LogP contribution >= 0.6 is 11.3 Å². The molecule has 0 fully saturated rings. The van der Waals surface area contributed by atoms with Crippen molar-refractivity contribution in [3.05, 3.63) is 64.0 Å². The van der Waals surface area contributed by atoms with Gasteiger partial charge in [-0.2, -0.15) is 0 Å². The number of carbonyl (C=O) groups excluding carboxylic acids is 1. The highest BCUT2D eigenvalue weighted by molar-refractivity contribution is 7.16. The lowest BCUT2D eigenvalue weighted by Crippen LogP contribution is -2.37. The Morgan fingerprint density at radius 2 is 1.93 bits per heavy atom. The van der Waals surface area contributed by atoms with E-state index >= 15 is 0 Å². The molecule has 3 rings (SSSR count). The number of hydrogen-bond donors (Lipinski definition) is 0. The maximum Gasteiger partial charge on any atom is 0.262 e. The van der Waals surface area contributed by atoms with E-state index in [-0.39, 0.29) is 17.9 Å². The molecule has 6 nitrogen and oxygen atoms in total. The first-order chi connectivity index (χ1) is 13.0. The summed E-state index contributed by atoms with van der Waals surface area (Å²) >= 11 is 1.45. The number of fused-ring (bicyclic) bond motifs is 1. The fourth-order valence-electron chi connectivity index (χ4n) is 2.84. The maximum absolute atomic E-state index is 12.8. The molecule has 0 N–H and O–H groups in total. The Hall–Kier alpha value is -2.51. The lowest BCUT2D eigenvalue weighted by Gasteiger charge is -2.25. The Kier molecular flexibility index (Phi) is 6.36. The number of likely N-dealkylation sites (N-methyl/N-ethyl adjacent to an activating group) is 1. The highest BCUT2D eigenvalue weighted by Gasteiger charge is 2.15. The van der Waals surface area contributed by atoms with E-state index in [9.17, 15) is 9.59 Å². The number of hydrogen-bond acceptors (Lipinski definition) is 5. The zero-order valence-electron chi connectivity index (χ0n) is 15.7. The molecule has 0 bridgehead atoms. The fourth-order valence-corrected chi connectivity index (χ4v) is 3.57. The van der Waals surface area contributed by atoms with Crippen molar-refractivity contribution in [2.24, 2.45) is 0 Å². The van der Waals surface area contributed by atoms with Crippen molar-refractivity contribution >= 4 is 27.5 Å². The highest BCUT2D eigenvalue weighted by Crippen LogP contribution is 2.13. The van der Waals surface area contributed by atoms with Crippen LogP contribution in [0.5, 0.6) is 0 Å². The van der Waals surface area contributed by atoms with E-state index < -0.39 is 0 Å². The third kappa shape index (κ3) is 5.02. The Labute approximate surface area is 162 Å². The van der Waals surface area contributed by atoms with Crippen molar-refractivity contribution in [3.63, 3.8) is 0 Å². The molecule has 0 aliphatic heterocycles. The zero-order chi connectivity index (χ0) is 19.2. The van der Waals surface area contributed by atoms with Gasteiger partial charge in [0.15, 0.2) is 0 Å². The molecule has 142 valence electrons. The third-order valence-electron chi connectivity index (χ3n) is 4.40. The molecular formula is C20H24N4O2S. The second-order valence-corrected chi connectivity index (χ2v) is 7.63. The van der Waals surface area contributed by atoms with E-state index in [1.54, 1.807) is 6.07 Å². The molecule has 0 radical (unpaired) electrons. The number of amides is 1. The van der Waals surface area contributed by atoms with Crippen molar-refractivity contribution in [1.82, 2.24) is 19.4 Å². The molecule has 3 aromatic rings. The number of aryl methyl sites for hydroxylation is 1. The van der Waals surface area contributed by atoms with Crippen LogP contribution < -0.4 is 5.56 Å². The summed E-state index contributed by atoms with van der Waals surface area (Å²) in [5, 5.41) is 2.47. The van der Waals surface area contributed by atoms with E-state index in [4.69, 9.17) is 0 Å². The van der Waals surface area contributed by atoms with E-state index in [0.29, 0.717) is 25.0 Å². The molecule has 0 spiro atoms. The molecule has 2 aromatic heterocycles. The maximum atomic E-state index is 12.8. The quantitative estimate of drug-likeness (QED) is 0.599. The summed E-state index contributed by atoms with van der Waals surface area (Å²) in [5.74, 6) is 0.0398. The Morgan fingerprint density at radius 1 is 1.15 bits per heavy atom. The van der Waals surface area contributed by atoms with Crippen LogP contribution in [0.15, 0.2) is 52.9 Å². The van der Waals surface area contributed by atoms with Gasteiger partial charge >= 0.3 is 0 Å².